The SMILES string of the molecule is COc1ccc(NC(=O)N2CCN(C(=O)c3cc4ccsc4n3Cc3ccccc3F)C[C@H]2C)cc1. The monoisotopic (exact) mass is 506 g/mol. The van der Waals surface area contributed by atoms with Crippen molar-refractivity contribution in [2.24, 2.45) is 0 Å². The fraction of sp³-hybridized carbons (Fsp3) is 0.259. The molecule has 7 nitrogen and oxygen atoms in total. The average molecular weight is 507 g/mol. The van der Waals surface area contributed by atoms with Gasteiger partial charge in [-0.2, -0.15) is 0 Å². The van der Waals surface area contributed by atoms with E-state index in [1.807, 2.05) is 29.0 Å². The number of aromatic nitrogens is 1. The normalized spacial score (nSPS) is 15.8. The molecule has 1 aliphatic rings. The molecule has 5 rings (SSSR count). The number of urea groups is 1. The minimum atomic E-state index is -0.292. The van der Waals surface area contributed by atoms with Gasteiger partial charge in [0.2, 0.25) is 0 Å². The van der Waals surface area contributed by atoms with E-state index in [2.05, 4.69) is 5.32 Å². The van der Waals surface area contributed by atoms with E-state index in [9.17, 15) is 14.0 Å². The first kappa shape index (κ1) is 23.9. The summed E-state index contributed by atoms with van der Waals surface area (Å²) in [5, 5.41) is 5.85. The molecular weight excluding hydrogens is 479 g/mol. The number of amides is 3. The van der Waals surface area contributed by atoms with Gasteiger partial charge in [-0.3, -0.25) is 4.79 Å². The first-order valence-electron chi connectivity index (χ1n) is 11.8. The molecule has 3 amide bonds. The van der Waals surface area contributed by atoms with Gasteiger partial charge in [-0.05, 0) is 54.8 Å². The first-order valence-corrected chi connectivity index (χ1v) is 12.6. The summed E-state index contributed by atoms with van der Waals surface area (Å²) in [5.74, 6) is 0.310. The van der Waals surface area contributed by atoms with Crippen molar-refractivity contribution in [1.29, 1.82) is 0 Å². The molecule has 0 bridgehead atoms. The smallest absolute Gasteiger partial charge is 0.322 e. The van der Waals surface area contributed by atoms with Crippen LogP contribution in [0.15, 0.2) is 66.0 Å². The van der Waals surface area contributed by atoms with Crippen molar-refractivity contribution < 1.29 is 18.7 Å². The molecule has 0 saturated carbocycles. The number of nitrogens with zero attached hydrogens (tertiary/aromatic N) is 3. The Morgan fingerprint density at radius 2 is 1.89 bits per heavy atom. The van der Waals surface area contributed by atoms with E-state index in [1.54, 1.807) is 59.4 Å². The number of anilines is 1. The van der Waals surface area contributed by atoms with Gasteiger partial charge in [-0.1, -0.05) is 18.2 Å². The van der Waals surface area contributed by atoms with Gasteiger partial charge in [-0.25, -0.2) is 9.18 Å². The number of carbonyl (C=O) groups excluding carboxylic acids is 2. The van der Waals surface area contributed by atoms with Crippen LogP contribution in [0.25, 0.3) is 10.2 Å². The highest BCUT2D eigenvalue weighted by Crippen LogP contribution is 2.28. The van der Waals surface area contributed by atoms with E-state index in [-0.39, 0.29) is 30.3 Å². The van der Waals surface area contributed by atoms with Gasteiger partial charge in [0.25, 0.3) is 5.91 Å². The van der Waals surface area contributed by atoms with E-state index < -0.39 is 0 Å². The molecule has 0 aliphatic carbocycles. The third kappa shape index (κ3) is 4.66. The van der Waals surface area contributed by atoms with Crippen LogP contribution in [-0.4, -0.2) is 59.1 Å². The largest absolute Gasteiger partial charge is 0.497 e. The van der Waals surface area contributed by atoms with Crippen molar-refractivity contribution in [3.05, 3.63) is 83.1 Å². The number of ether oxygens (including phenoxy) is 1. The van der Waals surface area contributed by atoms with Gasteiger partial charge in [0.05, 0.1) is 13.7 Å². The van der Waals surface area contributed by atoms with E-state index in [0.29, 0.717) is 42.3 Å². The lowest BCUT2D eigenvalue weighted by atomic mass is 10.1. The van der Waals surface area contributed by atoms with Crippen molar-refractivity contribution in [2.75, 3.05) is 32.1 Å². The van der Waals surface area contributed by atoms with Crippen LogP contribution >= 0.6 is 11.3 Å². The van der Waals surface area contributed by atoms with E-state index in [0.717, 1.165) is 10.2 Å². The average Bonchev–Trinajstić information content (AvgIpc) is 3.48. The molecule has 186 valence electrons. The number of hydrogen-bond donors (Lipinski definition) is 1. The Balaban J connectivity index is 1.30. The quantitative estimate of drug-likeness (QED) is 0.401. The lowest BCUT2D eigenvalue weighted by Crippen LogP contribution is -2.56. The Kier molecular flexibility index (Phi) is 6.65. The molecule has 0 spiro atoms. The number of hydrogen-bond acceptors (Lipinski definition) is 4. The molecule has 2 aromatic heterocycles. The topological polar surface area (TPSA) is 66.8 Å². The van der Waals surface area contributed by atoms with Crippen molar-refractivity contribution in [1.82, 2.24) is 14.4 Å². The number of carbonyl (C=O) groups is 2. The second kappa shape index (κ2) is 10.0. The standard InChI is InChI=1S/C27H27FN4O3S/c1-18-16-30(12-13-31(18)27(34)29-21-7-9-22(35-2)10-8-21)25(33)24-15-19-11-14-36-26(19)32(24)17-20-5-3-4-6-23(20)28/h3-11,14-15,18H,12-13,16-17H2,1-2H3,(H,29,34)/t18-/m1/s1. The van der Waals surface area contributed by atoms with Gasteiger partial charge in [0, 0.05) is 42.3 Å². The van der Waals surface area contributed by atoms with Gasteiger partial charge in [0.1, 0.15) is 22.1 Å². The molecule has 9 heteroatoms. The Hall–Kier alpha value is -3.85. The zero-order valence-electron chi connectivity index (χ0n) is 20.1. The van der Waals surface area contributed by atoms with Gasteiger partial charge < -0.3 is 24.4 Å². The number of fused-ring (bicyclic) bond motifs is 1. The Labute approximate surface area is 212 Å². The molecule has 2 aromatic carbocycles. The Morgan fingerprint density at radius 1 is 1.11 bits per heavy atom. The second-order valence-corrected chi connectivity index (χ2v) is 9.74. The highest BCUT2D eigenvalue weighted by Gasteiger charge is 2.32. The van der Waals surface area contributed by atoms with Crippen LogP contribution in [0.3, 0.4) is 0 Å². The predicted molar refractivity (Wildman–Crippen MR) is 139 cm³/mol. The minimum Gasteiger partial charge on any atom is -0.497 e. The molecule has 0 unspecified atom stereocenters. The molecule has 1 aliphatic heterocycles. The first-order chi connectivity index (χ1) is 17.4. The van der Waals surface area contributed by atoms with Crippen molar-refractivity contribution in [2.45, 2.75) is 19.5 Å². The van der Waals surface area contributed by atoms with E-state index in [4.69, 9.17) is 4.74 Å². The molecule has 4 aromatic rings. The summed E-state index contributed by atoms with van der Waals surface area (Å²) in [6, 6.07) is 17.3. The molecular formula is C27H27FN4O3S. The van der Waals surface area contributed by atoms with Crippen LogP contribution in [0.4, 0.5) is 14.9 Å². The number of thiophene rings is 1. The summed E-state index contributed by atoms with van der Waals surface area (Å²) < 4.78 is 21.5. The van der Waals surface area contributed by atoms with E-state index in [1.165, 1.54) is 17.4 Å². The van der Waals surface area contributed by atoms with Crippen LogP contribution in [0.2, 0.25) is 0 Å². The third-order valence-electron chi connectivity index (χ3n) is 6.52. The lowest BCUT2D eigenvalue weighted by molar-refractivity contribution is 0.0583. The van der Waals surface area contributed by atoms with Crippen molar-refractivity contribution in [3.63, 3.8) is 0 Å². The molecule has 1 N–H and O–H groups in total. The summed E-state index contributed by atoms with van der Waals surface area (Å²) in [7, 11) is 1.59. The summed E-state index contributed by atoms with van der Waals surface area (Å²) in [6.45, 7) is 3.45. The van der Waals surface area contributed by atoms with Crippen LogP contribution in [0, 0.1) is 5.82 Å². The predicted octanol–water partition coefficient (Wildman–Crippen LogP) is 5.28. The van der Waals surface area contributed by atoms with Crippen LogP contribution in [-0.2, 0) is 6.54 Å². The third-order valence-corrected chi connectivity index (χ3v) is 7.48. The minimum absolute atomic E-state index is 0.114. The maximum atomic E-state index is 14.4. The summed E-state index contributed by atoms with van der Waals surface area (Å²) >= 11 is 1.53. The molecule has 1 atom stereocenters. The molecule has 0 radical (unpaired) electrons. The number of methoxy groups -OCH3 is 1. The van der Waals surface area contributed by atoms with Gasteiger partial charge in [0.15, 0.2) is 0 Å². The number of rotatable bonds is 5. The zero-order valence-corrected chi connectivity index (χ0v) is 20.9. The highest BCUT2D eigenvalue weighted by atomic mass is 32.1. The van der Waals surface area contributed by atoms with E-state index >= 15 is 0 Å². The van der Waals surface area contributed by atoms with Gasteiger partial charge in [-0.15, -0.1) is 11.3 Å². The summed E-state index contributed by atoms with van der Waals surface area (Å²) in [5.41, 5.74) is 1.74. The molecule has 36 heavy (non-hydrogen) atoms. The Morgan fingerprint density at radius 3 is 2.61 bits per heavy atom. The number of piperazine rings is 1. The summed E-state index contributed by atoms with van der Waals surface area (Å²) in [6.07, 6.45) is 0. The van der Waals surface area contributed by atoms with Crippen molar-refractivity contribution in [3.8, 4) is 5.75 Å². The van der Waals surface area contributed by atoms with Crippen LogP contribution < -0.4 is 10.1 Å². The van der Waals surface area contributed by atoms with Crippen LogP contribution in [0.5, 0.6) is 5.75 Å². The zero-order chi connectivity index (χ0) is 25.2. The fourth-order valence-corrected chi connectivity index (χ4v) is 5.48. The second-order valence-electron chi connectivity index (χ2n) is 8.84. The molecule has 1 fully saturated rings. The fourth-order valence-electron chi connectivity index (χ4n) is 4.58. The Bertz CT molecular complexity index is 1400. The number of benzene rings is 2. The van der Waals surface area contributed by atoms with Crippen molar-refractivity contribution >= 4 is 39.2 Å². The van der Waals surface area contributed by atoms with Gasteiger partial charge >= 0.3 is 6.03 Å². The molecule has 3 heterocycles. The number of halogens is 1. The van der Waals surface area contributed by atoms with Crippen LogP contribution in [0.1, 0.15) is 23.0 Å². The maximum Gasteiger partial charge on any atom is 0.322 e. The summed E-state index contributed by atoms with van der Waals surface area (Å²) in [4.78, 5) is 31.0. The highest BCUT2D eigenvalue weighted by molar-refractivity contribution is 7.16. The lowest BCUT2D eigenvalue weighted by Gasteiger charge is -2.39. The number of nitrogens with one attached hydrogen (secondary N) is 1. The maximum absolute atomic E-state index is 14.4. The molecule has 1 saturated heterocycles.